The molecule has 0 aliphatic heterocycles. The summed E-state index contributed by atoms with van der Waals surface area (Å²) in [7, 11) is 3.16. The number of methoxy groups -OCH3 is 2. The Hall–Kier alpha value is -2.50. The van der Waals surface area contributed by atoms with Crippen LogP contribution in [0.1, 0.15) is 37.0 Å². The van der Waals surface area contributed by atoms with E-state index in [4.69, 9.17) is 14.2 Å². The molecule has 24 heavy (non-hydrogen) atoms. The molecule has 1 aromatic carbocycles. The first-order valence-corrected chi connectivity index (χ1v) is 8.11. The number of carbonyl (C=O) groups excluding carboxylic acids is 1. The zero-order valence-electron chi connectivity index (χ0n) is 14.6. The third-order valence-corrected chi connectivity index (χ3v) is 3.70. The maximum atomic E-state index is 12.3. The van der Waals surface area contributed by atoms with E-state index in [-0.39, 0.29) is 5.97 Å². The van der Waals surface area contributed by atoms with Crippen molar-refractivity contribution in [3.05, 3.63) is 23.9 Å². The van der Waals surface area contributed by atoms with E-state index >= 15 is 0 Å². The number of nitrogens with one attached hydrogen (secondary N) is 1. The average Bonchev–Trinajstić information content (AvgIpc) is 2.60. The fourth-order valence-corrected chi connectivity index (χ4v) is 2.46. The first kappa shape index (κ1) is 17.8. The predicted molar refractivity (Wildman–Crippen MR) is 94.2 cm³/mol. The van der Waals surface area contributed by atoms with Crippen LogP contribution in [0.15, 0.2) is 18.3 Å². The molecule has 1 aromatic heterocycles. The summed E-state index contributed by atoms with van der Waals surface area (Å²) in [6, 6.07) is 3.63. The van der Waals surface area contributed by atoms with E-state index in [0.29, 0.717) is 29.4 Å². The van der Waals surface area contributed by atoms with E-state index in [1.807, 2.05) is 6.07 Å². The van der Waals surface area contributed by atoms with Crippen LogP contribution in [-0.4, -0.2) is 38.3 Å². The minimum Gasteiger partial charge on any atom is -0.493 e. The summed E-state index contributed by atoms with van der Waals surface area (Å²) in [6.45, 7) is 4.98. The lowest BCUT2D eigenvalue weighted by Gasteiger charge is -2.16. The van der Waals surface area contributed by atoms with E-state index in [1.165, 1.54) is 0 Å². The lowest BCUT2D eigenvalue weighted by molar-refractivity contribution is 0.0527. The van der Waals surface area contributed by atoms with E-state index in [0.717, 1.165) is 30.3 Å². The maximum absolute atomic E-state index is 12.3. The molecule has 0 saturated heterocycles. The van der Waals surface area contributed by atoms with Crippen LogP contribution in [0.5, 0.6) is 11.5 Å². The summed E-state index contributed by atoms with van der Waals surface area (Å²) < 4.78 is 15.8. The van der Waals surface area contributed by atoms with Crippen LogP contribution >= 0.6 is 0 Å². The number of rotatable bonds is 8. The molecule has 6 nitrogen and oxygen atoms in total. The SMILES string of the molecule is CCCCNc1c(C(=O)OCC)cnc2cc(OC)c(OC)cc12. The van der Waals surface area contributed by atoms with Crippen LogP contribution in [0, 0.1) is 0 Å². The number of anilines is 1. The van der Waals surface area contributed by atoms with E-state index in [2.05, 4.69) is 17.2 Å². The Morgan fingerprint density at radius 3 is 2.50 bits per heavy atom. The normalized spacial score (nSPS) is 10.5. The second kappa shape index (κ2) is 8.38. The van der Waals surface area contributed by atoms with E-state index in [1.54, 1.807) is 33.4 Å². The molecule has 2 rings (SSSR count). The van der Waals surface area contributed by atoms with Gasteiger partial charge in [-0.1, -0.05) is 13.3 Å². The molecule has 1 heterocycles. The van der Waals surface area contributed by atoms with Crippen LogP contribution in [0.25, 0.3) is 10.9 Å². The van der Waals surface area contributed by atoms with Gasteiger partial charge >= 0.3 is 5.97 Å². The Labute approximate surface area is 142 Å². The van der Waals surface area contributed by atoms with Gasteiger partial charge in [0, 0.05) is 24.2 Å². The Balaban J connectivity index is 2.60. The number of fused-ring (bicyclic) bond motifs is 1. The van der Waals surface area contributed by atoms with Gasteiger partial charge in [-0.15, -0.1) is 0 Å². The molecule has 1 N–H and O–H groups in total. The van der Waals surface area contributed by atoms with Gasteiger partial charge in [0.2, 0.25) is 0 Å². The number of esters is 1. The molecule has 0 amide bonds. The third kappa shape index (κ3) is 3.69. The molecule has 0 unspecified atom stereocenters. The summed E-state index contributed by atoms with van der Waals surface area (Å²) in [5.74, 6) is 0.799. The molecule has 0 saturated carbocycles. The predicted octanol–water partition coefficient (Wildman–Crippen LogP) is 3.64. The maximum Gasteiger partial charge on any atom is 0.341 e. The van der Waals surface area contributed by atoms with Crippen LogP contribution < -0.4 is 14.8 Å². The smallest absolute Gasteiger partial charge is 0.341 e. The van der Waals surface area contributed by atoms with Crippen molar-refractivity contribution < 1.29 is 19.0 Å². The van der Waals surface area contributed by atoms with Gasteiger partial charge in [-0.05, 0) is 19.4 Å². The van der Waals surface area contributed by atoms with Gasteiger partial charge in [-0.3, -0.25) is 4.98 Å². The number of unbranched alkanes of at least 4 members (excludes halogenated alkanes) is 1. The number of carbonyl (C=O) groups is 1. The first-order valence-electron chi connectivity index (χ1n) is 8.11. The molecule has 0 atom stereocenters. The van der Waals surface area contributed by atoms with Gasteiger partial charge in [0.1, 0.15) is 5.56 Å². The highest BCUT2D eigenvalue weighted by Crippen LogP contribution is 2.36. The molecular formula is C18H24N2O4. The summed E-state index contributed by atoms with van der Waals surface area (Å²) in [5.41, 5.74) is 1.86. The standard InChI is InChI=1S/C18H24N2O4/c1-5-7-8-19-17-12-9-15(22-3)16(23-4)10-14(12)20-11-13(17)18(21)24-6-2/h9-11H,5-8H2,1-4H3,(H,19,20). The minimum absolute atomic E-state index is 0.317. The highest BCUT2D eigenvalue weighted by Gasteiger charge is 2.18. The molecule has 130 valence electrons. The number of aromatic nitrogens is 1. The molecule has 0 bridgehead atoms. The Bertz CT molecular complexity index is 716. The van der Waals surface area contributed by atoms with Crippen molar-refractivity contribution in [1.29, 1.82) is 0 Å². The largest absolute Gasteiger partial charge is 0.493 e. The summed E-state index contributed by atoms with van der Waals surface area (Å²) in [6.07, 6.45) is 3.60. The molecule has 0 aliphatic carbocycles. The summed E-state index contributed by atoms with van der Waals surface area (Å²) in [4.78, 5) is 16.6. The highest BCUT2D eigenvalue weighted by atomic mass is 16.5. The summed E-state index contributed by atoms with van der Waals surface area (Å²) in [5, 5.41) is 4.15. The monoisotopic (exact) mass is 332 g/mol. The van der Waals surface area contributed by atoms with Crippen molar-refractivity contribution in [2.24, 2.45) is 0 Å². The van der Waals surface area contributed by atoms with Crippen molar-refractivity contribution in [2.75, 3.05) is 32.7 Å². The number of hydrogen-bond acceptors (Lipinski definition) is 6. The Morgan fingerprint density at radius 2 is 1.88 bits per heavy atom. The minimum atomic E-state index is -0.388. The van der Waals surface area contributed by atoms with Crippen LogP contribution in [0.2, 0.25) is 0 Å². The molecule has 2 aromatic rings. The number of benzene rings is 1. The van der Waals surface area contributed by atoms with Crippen molar-refractivity contribution in [1.82, 2.24) is 4.98 Å². The third-order valence-electron chi connectivity index (χ3n) is 3.70. The zero-order chi connectivity index (χ0) is 17.5. The van der Waals surface area contributed by atoms with Gasteiger partial charge in [0.25, 0.3) is 0 Å². The lowest BCUT2D eigenvalue weighted by atomic mass is 10.1. The molecule has 0 spiro atoms. The number of pyridine rings is 1. The van der Waals surface area contributed by atoms with Crippen molar-refractivity contribution in [3.8, 4) is 11.5 Å². The number of hydrogen-bond donors (Lipinski definition) is 1. The van der Waals surface area contributed by atoms with Crippen molar-refractivity contribution in [3.63, 3.8) is 0 Å². The van der Waals surface area contributed by atoms with E-state index in [9.17, 15) is 4.79 Å². The van der Waals surface area contributed by atoms with Crippen LogP contribution in [-0.2, 0) is 4.74 Å². The summed E-state index contributed by atoms with van der Waals surface area (Å²) >= 11 is 0. The zero-order valence-corrected chi connectivity index (χ0v) is 14.6. The fourth-order valence-electron chi connectivity index (χ4n) is 2.46. The molecule has 0 fully saturated rings. The lowest BCUT2D eigenvalue weighted by Crippen LogP contribution is -2.12. The van der Waals surface area contributed by atoms with E-state index < -0.39 is 0 Å². The Morgan fingerprint density at radius 1 is 1.17 bits per heavy atom. The van der Waals surface area contributed by atoms with Crippen molar-refractivity contribution in [2.45, 2.75) is 26.7 Å². The second-order valence-corrected chi connectivity index (χ2v) is 5.27. The second-order valence-electron chi connectivity index (χ2n) is 5.27. The molecular weight excluding hydrogens is 308 g/mol. The van der Waals surface area contributed by atoms with Gasteiger partial charge in [-0.25, -0.2) is 4.79 Å². The first-order chi connectivity index (χ1) is 11.7. The van der Waals surface area contributed by atoms with Crippen molar-refractivity contribution >= 4 is 22.6 Å². The Kier molecular flexibility index (Phi) is 6.23. The van der Waals surface area contributed by atoms with Gasteiger partial charge in [0.05, 0.1) is 32.0 Å². The van der Waals surface area contributed by atoms with Crippen LogP contribution in [0.4, 0.5) is 5.69 Å². The van der Waals surface area contributed by atoms with Gasteiger partial charge in [0.15, 0.2) is 11.5 Å². The van der Waals surface area contributed by atoms with Crippen LogP contribution in [0.3, 0.4) is 0 Å². The fraction of sp³-hybridized carbons (Fsp3) is 0.444. The van der Waals surface area contributed by atoms with Gasteiger partial charge in [-0.2, -0.15) is 0 Å². The molecule has 0 radical (unpaired) electrons. The highest BCUT2D eigenvalue weighted by molar-refractivity contribution is 6.05. The number of nitrogens with zero attached hydrogens (tertiary/aromatic N) is 1. The average molecular weight is 332 g/mol. The topological polar surface area (TPSA) is 69.7 Å². The number of ether oxygens (including phenoxy) is 3. The molecule has 6 heteroatoms. The molecule has 0 aliphatic rings. The quantitative estimate of drug-likeness (QED) is 0.588. The van der Waals surface area contributed by atoms with Gasteiger partial charge < -0.3 is 19.5 Å².